The SMILES string of the molecule is CCOC(=O)COc1c2cc(C(C)(C)C)cc1Cc1cc(C(C)(C)C)cc(c1OCC(=O)OCC)Cc1cc(C(C)(C)C)cc(c1OCC(=O)OCC)Cc1cc(C(C)(C)C)cc(c1OCC(=O)Nc1cccc(NC(=O)COc3c4cc(C(C)(C)C)cc3Cc3cc(C(C)(C)C)cc(c3OCC(=O)OCC)Cc3cc(C(C)(C)C)cc(c3OCC(=O)OCC)Cc3cc(C(C)(C)C)cc(c3OCC(=O)OCC)C4)c1)C2. The van der Waals surface area contributed by atoms with Gasteiger partial charge in [0.05, 0.1) is 39.6 Å². The first kappa shape index (κ1) is 113. The Labute approximate surface area is 865 Å². The van der Waals surface area contributed by atoms with Crippen LogP contribution in [0.5, 0.6) is 46.0 Å². The molecule has 2 aliphatic carbocycles. The number of hydrogen-bond acceptors (Lipinski definition) is 22. The third-order valence-corrected chi connectivity index (χ3v) is 25.9. The van der Waals surface area contributed by atoms with Crippen molar-refractivity contribution in [1.82, 2.24) is 0 Å². The minimum atomic E-state index is -0.577. The van der Waals surface area contributed by atoms with E-state index in [1.807, 2.05) is 0 Å². The van der Waals surface area contributed by atoms with Crippen molar-refractivity contribution in [3.8, 4) is 46.0 Å². The molecule has 0 radical (unpaired) electrons. The van der Waals surface area contributed by atoms with E-state index >= 15 is 9.59 Å². The van der Waals surface area contributed by atoms with E-state index in [-0.39, 0.29) is 91.0 Å². The van der Waals surface area contributed by atoms with E-state index < -0.39 is 144 Å². The van der Waals surface area contributed by atoms with Crippen molar-refractivity contribution in [3.63, 3.8) is 0 Å². The number of amides is 2. The van der Waals surface area contributed by atoms with Gasteiger partial charge in [-0.15, -0.1) is 0 Å². The van der Waals surface area contributed by atoms with Crippen molar-refractivity contribution in [2.45, 2.75) is 302 Å². The zero-order chi connectivity index (χ0) is 107. The van der Waals surface area contributed by atoms with Crippen LogP contribution in [0.25, 0.3) is 0 Å². The second-order valence-corrected chi connectivity index (χ2v) is 46.2. The summed E-state index contributed by atoms with van der Waals surface area (Å²) in [5, 5.41) is 6.17. The van der Waals surface area contributed by atoms with Crippen molar-refractivity contribution >= 4 is 59.0 Å². The van der Waals surface area contributed by atoms with Crippen LogP contribution in [0.2, 0.25) is 0 Å². The van der Waals surface area contributed by atoms with Crippen molar-refractivity contribution in [3.05, 3.63) is 255 Å². The molecule has 0 spiro atoms. The number of carbonyl (C=O) groups excluding carboxylic acids is 8. The summed E-state index contributed by atoms with van der Waals surface area (Å²) in [6.07, 6.45) is 1.23. The number of esters is 6. The van der Waals surface area contributed by atoms with Gasteiger partial charge in [0.25, 0.3) is 11.8 Å². The highest BCUT2D eigenvalue weighted by Crippen LogP contribution is 2.49. The van der Waals surface area contributed by atoms with E-state index in [1.54, 1.807) is 65.8 Å². The largest absolute Gasteiger partial charge is 0.483 e. The predicted octanol–water partition coefficient (Wildman–Crippen LogP) is 23.1. The monoisotopic (exact) mass is 2000 g/mol. The standard InChI is InChI=1S/C122H156N2O22/c1-31-133-101(127)67-141-109-77-40-73-48-89(115(7,8)9)49-74(41-78-53-92(118(16,17)18)57-82(110(78)142-68-102(128)134-32-2)45-86-61-95(121(25,26)27)60-85(113(86)145-71-105(131)137-35-5)44-81(109)56-91(52-77)117(13,14)15)107(73)139-65-99(125)123-97-38-37-39-98(64-97)124-100(126)66-140-108-75-42-79-54-93(119(19,20)21)58-83(111(79)143-69-103(129)135-33-3)46-87-62-96(122(28,29)30)63-88(114(87)146-72-106(132)138-36-6)47-84-59-94(120(22,23)24)55-80(112(84)144-70-104(130)136-34-4)43-76(108)51-90(50-75)116(10,11)12/h37-39,48-64H,31-36,40-47,65-72H2,1-30H3,(H,123,125)(H,124,126). The van der Waals surface area contributed by atoms with Crippen LogP contribution in [-0.4, -0.2) is 140 Å². The van der Waals surface area contributed by atoms with E-state index in [0.29, 0.717) is 124 Å². The quantitative estimate of drug-likeness (QED) is 0.0292. The predicted molar refractivity (Wildman–Crippen MR) is 571 cm³/mol. The van der Waals surface area contributed by atoms with Crippen molar-refractivity contribution in [1.29, 1.82) is 0 Å². The molecule has 0 saturated heterocycles. The van der Waals surface area contributed by atoms with Gasteiger partial charge in [-0.05, 0) is 237 Å². The highest BCUT2D eigenvalue weighted by atomic mass is 16.6. The molecule has 2 N–H and O–H groups in total. The summed E-state index contributed by atoms with van der Waals surface area (Å²) in [5.74, 6) is -1.23. The van der Waals surface area contributed by atoms with Gasteiger partial charge in [-0.25, -0.2) is 28.8 Å². The molecule has 16 bridgehead atoms. The summed E-state index contributed by atoms with van der Waals surface area (Å²) in [7, 11) is 0. The molecule has 146 heavy (non-hydrogen) atoms. The van der Waals surface area contributed by atoms with Crippen LogP contribution in [0.3, 0.4) is 0 Å². The average Bonchev–Trinajstić information content (AvgIpc) is 0.759. The fourth-order valence-electron chi connectivity index (χ4n) is 18.1. The number of carbonyl (C=O) groups is 8. The van der Waals surface area contributed by atoms with Gasteiger partial charge in [-0.2, -0.15) is 0 Å². The zero-order valence-corrected chi connectivity index (χ0v) is 92.1. The fraction of sp³-hybridized carbons (Fsp3) is 0.492. The molecule has 0 saturated carbocycles. The lowest BCUT2D eigenvalue weighted by Crippen LogP contribution is -2.23. The van der Waals surface area contributed by atoms with Crippen LogP contribution in [0.15, 0.2) is 121 Å². The second-order valence-electron chi connectivity index (χ2n) is 46.2. The zero-order valence-electron chi connectivity index (χ0n) is 92.1. The molecule has 2 amide bonds. The molecule has 0 fully saturated rings. The van der Waals surface area contributed by atoms with E-state index in [0.717, 1.165) is 66.8 Å². The summed E-state index contributed by atoms with van der Waals surface area (Å²) in [5.41, 5.74) is 15.6. The van der Waals surface area contributed by atoms with Gasteiger partial charge in [0.1, 0.15) is 46.0 Å². The Morgan fingerprint density at radius 3 is 0.438 bits per heavy atom. The molecule has 24 nitrogen and oxygen atoms in total. The highest BCUT2D eigenvalue weighted by Gasteiger charge is 2.36. The maximum atomic E-state index is 15.3. The second kappa shape index (κ2) is 47.3. The number of fused-ring (bicyclic) bond motifs is 16. The Bertz CT molecular complexity index is 5640. The Morgan fingerprint density at radius 2 is 0.322 bits per heavy atom. The summed E-state index contributed by atoms with van der Waals surface area (Å²) in [4.78, 5) is 113. The molecule has 9 aromatic carbocycles. The van der Waals surface area contributed by atoms with Crippen LogP contribution in [0, 0.1) is 0 Å². The first-order valence-corrected chi connectivity index (χ1v) is 51.3. The van der Waals surface area contributed by atoms with Crippen LogP contribution in [0.1, 0.15) is 341 Å². The molecule has 0 heterocycles. The van der Waals surface area contributed by atoms with Gasteiger partial charge in [0, 0.05) is 62.7 Å². The maximum Gasteiger partial charge on any atom is 0.344 e. The molecular weight excluding hydrogens is 1850 g/mol. The summed E-state index contributed by atoms with van der Waals surface area (Å²) in [6, 6.07) is 40.5. The Morgan fingerprint density at radius 1 is 0.199 bits per heavy atom. The third-order valence-electron chi connectivity index (χ3n) is 25.9. The topological polar surface area (TPSA) is 290 Å². The van der Waals surface area contributed by atoms with E-state index in [2.05, 4.69) is 274 Å². The average molecular weight is 2000 g/mol. The van der Waals surface area contributed by atoms with E-state index in [1.165, 1.54) is 0 Å². The van der Waals surface area contributed by atoms with Gasteiger partial charge in [0.2, 0.25) is 0 Å². The summed E-state index contributed by atoms with van der Waals surface area (Å²) < 4.78 is 88.9. The van der Waals surface area contributed by atoms with Crippen LogP contribution in [-0.2, 0) is 161 Å². The number of nitrogens with one attached hydrogen (secondary N) is 2. The molecule has 11 rings (SSSR count). The lowest BCUT2D eigenvalue weighted by molar-refractivity contribution is -0.146. The molecule has 0 unspecified atom stereocenters. The molecule has 9 aromatic rings. The number of hydrogen-bond donors (Lipinski definition) is 2. The summed E-state index contributed by atoms with van der Waals surface area (Å²) in [6.45, 7) is 58.8. The van der Waals surface area contributed by atoms with Gasteiger partial charge in [0.15, 0.2) is 52.9 Å². The smallest absolute Gasteiger partial charge is 0.344 e. The van der Waals surface area contributed by atoms with Crippen molar-refractivity contribution in [2.24, 2.45) is 0 Å². The Kier molecular flexibility index (Phi) is 36.8. The number of rotatable bonds is 32. The van der Waals surface area contributed by atoms with Crippen molar-refractivity contribution in [2.75, 3.05) is 103 Å². The Hall–Kier alpha value is -12.9. The van der Waals surface area contributed by atoms with E-state index in [4.69, 9.17) is 66.3 Å². The Balaban J connectivity index is 1.05. The third kappa shape index (κ3) is 30.2. The number of ether oxygens (including phenoxy) is 14. The first-order valence-electron chi connectivity index (χ1n) is 51.3. The molecule has 24 heteroatoms. The lowest BCUT2D eigenvalue weighted by Gasteiger charge is -2.29. The minimum absolute atomic E-state index is 0.116. The normalized spacial score (nSPS) is 13.0. The summed E-state index contributed by atoms with van der Waals surface area (Å²) >= 11 is 0. The lowest BCUT2D eigenvalue weighted by atomic mass is 9.79. The maximum absolute atomic E-state index is 15.3. The molecule has 0 aromatic heterocycles. The highest BCUT2D eigenvalue weighted by molar-refractivity contribution is 5.95. The van der Waals surface area contributed by atoms with Gasteiger partial charge >= 0.3 is 35.8 Å². The number of benzene rings is 9. The fourth-order valence-corrected chi connectivity index (χ4v) is 18.1. The van der Waals surface area contributed by atoms with Gasteiger partial charge in [-0.1, -0.05) is 269 Å². The molecular formula is C122H156N2O22. The first-order chi connectivity index (χ1) is 68.3. The van der Waals surface area contributed by atoms with Crippen LogP contribution >= 0.6 is 0 Å². The molecule has 2 aliphatic rings. The molecule has 786 valence electrons. The van der Waals surface area contributed by atoms with E-state index in [9.17, 15) is 28.8 Å². The van der Waals surface area contributed by atoms with Crippen LogP contribution in [0.4, 0.5) is 11.4 Å². The number of anilines is 2. The van der Waals surface area contributed by atoms with Gasteiger partial charge in [-0.3, -0.25) is 9.59 Å². The molecule has 0 aliphatic heterocycles. The minimum Gasteiger partial charge on any atom is -0.483 e. The van der Waals surface area contributed by atoms with Crippen molar-refractivity contribution < 1.29 is 105 Å². The van der Waals surface area contributed by atoms with Gasteiger partial charge < -0.3 is 76.9 Å². The molecule has 0 atom stereocenters. The van der Waals surface area contributed by atoms with Crippen LogP contribution < -0.4 is 48.5 Å².